The lowest BCUT2D eigenvalue weighted by Gasteiger charge is -2.29. The summed E-state index contributed by atoms with van der Waals surface area (Å²) in [7, 11) is 0. The van der Waals surface area contributed by atoms with E-state index in [9.17, 15) is 9.59 Å². The SMILES string of the molecule is O=C1CCCCCCN1CC(=O)N(CCc1ccccc1)Cc1cccnc1. The van der Waals surface area contributed by atoms with E-state index in [1.807, 2.05) is 35.2 Å². The molecule has 0 radical (unpaired) electrons. The number of likely N-dealkylation sites (tertiary alicyclic amines) is 1. The van der Waals surface area contributed by atoms with Crippen LogP contribution in [0, 0.1) is 0 Å². The number of carbonyl (C=O) groups excluding carboxylic acids is 2. The van der Waals surface area contributed by atoms with Crippen molar-refractivity contribution >= 4 is 11.8 Å². The predicted octanol–water partition coefficient (Wildman–Crippen LogP) is 3.45. The molecule has 1 aromatic carbocycles. The van der Waals surface area contributed by atoms with E-state index in [-0.39, 0.29) is 18.4 Å². The quantitative estimate of drug-likeness (QED) is 0.740. The molecule has 1 saturated heterocycles. The van der Waals surface area contributed by atoms with E-state index < -0.39 is 0 Å². The van der Waals surface area contributed by atoms with Crippen LogP contribution in [-0.4, -0.2) is 46.2 Å². The molecule has 5 heteroatoms. The van der Waals surface area contributed by atoms with E-state index in [1.54, 1.807) is 17.3 Å². The molecule has 0 spiro atoms. The summed E-state index contributed by atoms with van der Waals surface area (Å²) in [4.78, 5) is 33.3. The molecule has 1 fully saturated rings. The number of pyridine rings is 1. The molecule has 1 aliphatic rings. The van der Waals surface area contributed by atoms with Gasteiger partial charge in [-0.2, -0.15) is 0 Å². The maximum absolute atomic E-state index is 13.1. The van der Waals surface area contributed by atoms with Gasteiger partial charge in [0, 0.05) is 38.4 Å². The Bertz CT molecular complexity index is 749. The maximum Gasteiger partial charge on any atom is 0.242 e. The fraction of sp³-hybridized carbons (Fsp3) is 0.435. The Morgan fingerprint density at radius 2 is 1.79 bits per heavy atom. The minimum Gasteiger partial charge on any atom is -0.336 e. The van der Waals surface area contributed by atoms with Crippen LogP contribution in [0.3, 0.4) is 0 Å². The van der Waals surface area contributed by atoms with Gasteiger partial charge in [0.2, 0.25) is 11.8 Å². The fourth-order valence-electron chi connectivity index (χ4n) is 3.56. The van der Waals surface area contributed by atoms with Crippen molar-refractivity contribution in [1.29, 1.82) is 0 Å². The summed E-state index contributed by atoms with van der Waals surface area (Å²) in [5, 5.41) is 0. The summed E-state index contributed by atoms with van der Waals surface area (Å²) < 4.78 is 0. The maximum atomic E-state index is 13.1. The smallest absolute Gasteiger partial charge is 0.242 e. The van der Waals surface area contributed by atoms with Gasteiger partial charge in [-0.3, -0.25) is 14.6 Å². The summed E-state index contributed by atoms with van der Waals surface area (Å²) in [5.74, 6) is 0.117. The van der Waals surface area contributed by atoms with E-state index >= 15 is 0 Å². The van der Waals surface area contributed by atoms with Crippen LogP contribution in [0.2, 0.25) is 0 Å². The third kappa shape index (κ3) is 6.19. The second-order valence-electron chi connectivity index (χ2n) is 7.39. The Balaban J connectivity index is 1.66. The number of amides is 2. The molecule has 0 saturated carbocycles. The lowest BCUT2D eigenvalue weighted by molar-refractivity contribution is -0.141. The van der Waals surface area contributed by atoms with Crippen molar-refractivity contribution in [3.8, 4) is 0 Å². The largest absolute Gasteiger partial charge is 0.336 e. The second kappa shape index (κ2) is 10.6. The molecular weight excluding hydrogens is 350 g/mol. The lowest BCUT2D eigenvalue weighted by atomic mass is 10.1. The Morgan fingerprint density at radius 3 is 2.57 bits per heavy atom. The van der Waals surface area contributed by atoms with Crippen LogP contribution < -0.4 is 0 Å². The number of aromatic nitrogens is 1. The van der Waals surface area contributed by atoms with Crippen LogP contribution in [0.25, 0.3) is 0 Å². The third-order valence-corrected chi connectivity index (χ3v) is 5.21. The highest BCUT2D eigenvalue weighted by molar-refractivity contribution is 5.85. The summed E-state index contributed by atoms with van der Waals surface area (Å²) in [6.45, 7) is 2.00. The van der Waals surface area contributed by atoms with Gasteiger partial charge < -0.3 is 9.80 Å². The van der Waals surface area contributed by atoms with Gasteiger partial charge in [0.25, 0.3) is 0 Å². The number of carbonyl (C=O) groups is 2. The number of hydrogen-bond donors (Lipinski definition) is 0. The monoisotopic (exact) mass is 379 g/mol. The van der Waals surface area contributed by atoms with Crippen LogP contribution in [-0.2, 0) is 22.6 Å². The first kappa shape index (κ1) is 20.1. The van der Waals surface area contributed by atoms with Crippen molar-refractivity contribution in [2.24, 2.45) is 0 Å². The first-order valence-corrected chi connectivity index (χ1v) is 10.2. The van der Waals surface area contributed by atoms with Gasteiger partial charge in [-0.05, 0) is 36.5 Å². The van der Waals surface area contributed by atoms with E-state index in [1.165, 1.54) is 5.56 Å². The molecule has 0 unspecified atom stereocenters. The second-order valence-corrected chi connectivity index (χ2v) is 7.39. The van der Waals surface area contributed by atoms with Crippen molar-refractivity contribution in [3.05, 3.63) is 66.0 Å². The standard InChI is InChI=1S/C23H29N3O2/c27-22-12-6-1-2-7-15-25(22)19-23(28)26(18-21-11-8-14-24-17-21)16-13-20-9-4-3-5-10-20/h3-5,8-11,14,17H,1-2,6-7,12-13,15-16,18-19H2. The Morgan fingerprint density at radius 1 is 1.00 bits per heavy atom. The highest BCUT2D eigenvalue weighted by Gasteiger charge is 2.22. The topological polar surface area (TPSA) is 53.5 Å². The number of benzene rings is 1. The van der Waals surface area contributed by atoms with E-state index in [2.05, 4.69) is 17.1 Å². The van der Waals surface area contributed by atoms with E-state index in [4.69, 9.17) is 0 Å². The average Bonchev–Trinajstić information content (AvgIpc) is 2.72. The zero-order valence-electron chi connectivity index (χ0n) is 16.4. The zero-order chi connectivity index (χ0) is 19.6. The van der Waals surface area contributed by atoms with Crippen LogP contribution >= 0.6 is 0 Å². The summed E-state index contributed by atoms with van der Waals surface area (Å²) in [5.41, 5.74) is 2.21. The summed E-state index contributed by atoms with van der Waals surface area (Å²) in [6.07, 6.45) is 9.02. The van der Waals surface area contributed by atoms with E-state index in [0.717, 1.165) is 37.7 Å². The average molecular weight is 380 g/mol. The minimum absolute atomic E-state index is 0.00806. The number of rotatable bonds is 7. The normalized spacial score (nSPS) is 15.0. The minimum atomic E-state index is 0.00806. The van der Waals surface area contributed by atoms with Gasteiger partial charge in [-0.1, -0.05) is 49.2 Å². The molecule has 2 aromatic rings. The van der Waals surface area contributed by atoms with E-state index in [0.29, 0.717) is 26.1 Å². The highest BCUT2D eigenvalue weighted by Crippen LogP contribution is 2.13. The van der Waals surface area contributed by atoms with Crippen LogP contribution in [0.15, 0.2) is 54.9 Å². The molecule has 2 amide bonds. The number of hydrogen-bond acceptors (Lipinski definition) is 3. The van der Waals surface area contributed by atoms with Crippen molar-refractivity contribution in [1.82, 2.24) is 14.8 Å². The van der Waals surface area contributed by atoms with Crippen LogP contribution in [0.5, 0.6) is 0 Å². The summed E-state index contributed by atoms with van der Waals surface area (Å²) in [6, 6.07) is 14.1. The molecule has 1 aliphatic heterocycles. The Kier molecular flexibility index (Phi) is 7.59. The van der Waals surface area contributed by atoms with Gasteiger partial charge >= 0.3 is 0 Å². The zero-order valence-corrected chi connectivity index (χ0v) is 16.4. The molecule has 1 aromatic heterocycles. The van der Waals surface area contributed by atoms with Crippen molar-refractivity contribution in [2.75, 3.05) is 19.6 Å². The Hall–Kier alpha value is -2.69. The molecule has 28 heavy (non-hydrogen) atoms. The van der Waals surface area contributed by atoms with Gasteiger partial charge in [0.05, 0.1) is 6.54 Å². The lowest BCUT2D eigenvalue weighted by Crippen LogP contribution is -2.44. The Labute approximate surface area is 167 Å². The fourth-order valence-corrected chi connectivity index (χ4v) is 3.56. The first-order chi connectivity index (χ1) is 13.7. The molecule has 0 bridgehead atoms. The summed E-state index contributed by atoms with van der Waals surface area (Å²) >= 11 is 0. The first-order valence-electron chi connectivity index (χ1n) is 10.2. The van der Waals surface area contributed by atoms with Crippen LogP contribution in [0.4, 0.5) is 0 Å². The van der Waals surface area contributed by atoms with Crippen molar-refractivity contribution in [2.45, 2.75) is 45.1 Å². The molecule has 3 rings (SSSR count). The third-order valence-electron chi connectivity index (χ3n) is 5.21. The predicted molar refractivity (Wildman–Crippen MR) is 109 cm³/mol. The van der Waals surface area contributed by atoms with Gasteiger partial charge in [-0.25, -0.2) is 0 Å². The molecule has 5 nitrogen and oxygen atoms in total. The van der Waals surface area contributed by atoms with Gasteiger partial charge in [0.1, 0.15) is 0 Å². The van der Waals surface area contributed by atoms with Crippen LogP contribution in [0.1, 0.15) is 43.2 Å². The molecule has 0 aliphatic carbocycles. The van der Waals surface area contributed by atoms with Crippen molar-refractivity contribution in [3.63, 3.8) is 0 Å². The molecule has 2 heterocycles. The highest BCUT2D eigenvalue weighted by atomic mass is 16.2. The number of nitrogens with zero attached hydrogens (tertiary/aromatic N) is 3. The van der Waals surface area contributed by atoms with Crippen molar-refractivity contribution < 1.29 is 9.59 Å². The molecule has 0 atom stereocenters. The van der Waals surface area contributed by atoms with Gasteiger partial charge in [0.15, 0.2) is 0 Å². The molecular formula is C23H29N3O2. The molecule has 148 valence electrons. The van der Waals surface area contributed by atoms with Gasteiger partial charge in [-0.15, -0.1) is 0 Å². The molecule has 0 N–H and O–H groups in total.